The number of amides is 1. The Kier molecular flexibility index (Phi) is 6.10. The van der Waals surface area contributed by atoms with E-state index in [0.717, 1.165) is 5.56 Å². The molecule has 0 saturated heterocycles. The lowest BCUT2D eigenvalue weighted by atomic mass is 10.1. The first kappa shape index (κ1) is 23.5. The van der Waals surface area contributed by atoms with Gasteiger partial charge in [0.1, 0.15) is 5.39 Å². The number of rotatable bonds is 6. The van der Waals surface area contributed by atoms with Gasteiger partial charge in [0.25, 0.3) is 5.56 Å². The fourth-order valence-electron chi connectivity index (χ4n) is 3.75. The van der Waals surface area contributed by atoms with Gasteiger partial charge in [-0.25, -0.2) is 23.2 Å². The maximum Gasteiger partial charge on any atom is 0.265 e. The first-order chi connectivity index (χ1) is 15.4. The minimum Gasteiger partial charge on any atom is -0.356 e. The van der Waals surface area contributed by atoms with Crippen LogP contribution in [-0.2, 0) is 26.8 Å². The average Bonchev–Trinajstić information content (AvgIpc) is 3.32. The molecule has 10 nitrogen and oxygen atoms in total. The van der Waals surface area contributed by atoms with Crippen LogP contribution in [-0.4, -0.2) is 46.0 Å². The monoisotopic (exact) mass is 490 g/mol. The summed E-state index contributed by atoms with van der Waals surface area (Å²) in [6, 6.07) is 5.96. The Bertz CT molecular complexity index is 1370. The van der Waals surface area contributed by atoms with Gasteiger partial charge in [-0.2, -0.15) is 5.10 Å². The van der Waals surface area contributed by atoms with Crippen LogP contribution in [0.5, 0.6) is 0 Å². The van der Waals surface area contributed by atoms with Gasteiger partial charge in [0.15, 0.2) is 10.8 Å². The lowest BCUT2D eigenvalue weighted by Gasteiger charge is -2.20. The molecule has 1 unspecified atom stereocenters. The predicted octanol–water partition coefficient (Wildman–Crippen LogP) is 1.39. The zero-order valence-corrected chi connectivity index (χ0v) is 20.2. The molecule has 3 N–H and O–H groups in total. The van der Waals surface area contributed by atoms with Crippen molar-refractivity contribution in [3.63, 3.8) is 0 Å². The van der Waals surface area contributed by atoms with Crippen molar-refractivity contribution in [2.24, 2.45) is 5.14 Å². The first-order valence-electron chi connectivity index (χ1n) is 10.5. The van der Waals surface area contributed by atoms with Crippen LogP contribution in [0.4, 0.5) is 0 Å². The van der Waals surface area contributed by atoms with E-state index in [0.29, 0.717) is 34.9 Å². The van der Waals surface area contributed by atoms with E-state index in [1.165, 1.54) is 23.9 Å². The van der Waals surface area contributed by atoms with Crippen LogP contribution >= 0.6 is 11.8 Å². The van der Waals surface area contributed by atoms with Crippen LogP contribution in [0.25, 0.3) is 11.0 Å². The third-order valence-corrected chi connectivity index (χ3v) is 7.44. The molecule has 1 aliphatic heterocycles. The Morgan fingerprint density at radius 2 is 1.97 bits per heavy atom. The average molecular weight is 491 g/mol. The highest BCUT2D eigenvalue weighted by atomic mass is 32.2. The molecule has 1 aliphatic rings. The number of carbonyl (C=O) groups excluding carboxylic acids is 1. The highest BCUT2D eigenvalue weighted by Gasteiger charge is 2.30. The minimum atomic E-state index is -3.72. The van der Waals surface area contributed by atoms with Gasteiger partial charge in [0.05, 0.1) is 22.7 Å². The van der Waals surface area contributed by atoms with E-state index in [2.05, 4.69) is 15.4 Å². The van der Waals surface area contributed by atoms with Crippen molar-refractivity contribution in [3.8, 4) is 0 Å². The normalized spacial score (nSPS) is 16.2. The molecule has 0 aliphatic carbocycles. The van der Waals surface area contributed by atoms with E-state index in [-0.39, 0.29) is 34.4 Å². The molecule has 4 rings (SSSR count). The SMILES string of the molecule is CC(C)(C)n1ncc2c(=O)n3c(nc21)SCC3CC(=O)NCCc1ccc(S(N)(=O)=O)cc1. The van der Waals surface area contributed by atoms with Crippen molar-refractivity contribution in [1.82, 2.24) is 24.6 Å². The van der Waals surface area contributed by atoms with Gasteiger partial charge in [0.2, 0.25) is 15.9 Å². The lowest BCUT2D eigenvalue weighted by Crippen LogP contribution is -2.32. The largest absolute Gasteiger partial charge is 0.356 e. The summed E-state index contributed by atoms with van der Waals surface area (Å²) in [5, 5.41) is 13.4. The van der Waals surface area contributed by atoms with Crippen molar-refractivity contribution in [1.29, 1.82) is 0 Å². The van der Waals surface area contributed by atoms with Gasteiger partial charge in [-0.1, -0.05) is 23.9 Å². The molecule has 176 valence electrons. The van der Waals surface area contributed by atoms with Crippen molar-refractivity contribution < 1.29 is 13.2 Å². The second kappa shape index (κ2) is 8.58. The number of fused-ring (bicyclic) bond motifs is 2. The smallest absolute Gasteiger partial charge is 0.265 e. The van der Waals surface area contributed by atoms with E-state index in [1.54, 1.807) is 27.6 Å². The van der Waals surface area contributed by atoms with Crippen molar-refractivity contribution in [3.05, 3.63) is 46.4 Å². The van der Waals surface area contributed by atoms with E-state index < -0.39 is 10.0 Å². The number of nitrogens with one attached hydrogen (secondary N) is 1. The molecule has 3 heterocycles. The fraction of sp³-hybridized carbons (Fsp3) is 0.429. The van der Waals surface area contributed by atoms with Crippen molar-refractivity contribution in [2.75, 3.05) is 12.3 Å². The highest BCUT2D eigenvalue weighted by molar-refractivity contribution is 7.99. The molecule has 33 heavy (non-hydrogen) atoms. The second-order valence-corrected chi connectivity index (χ2v) is 11.5. The Morgan fingerprint density at radius 1 is 1.27 bits per heavy atom. The second-order valence-electron chi connectivity index (χ2n) is 8.99. The van der Waals surface area contributed by atoms with Crippen LogP contribution in [0, 0.1) is 0 Å². The van der Waals surface area contributed by atoms with Gasteiger partial charge in [-0.15, -0.1) is 0 Å². The van der Waals surface area contributed by atoms with Gasteiger partial charge in [-0.05, 0) is 44.9 Å². The first-order valence-corrected chi connectivity index (χ1v) is 13.0. The number of sulfonamides is 1. The van der Waals surface area contributed by atoms with Gasteiger partial charge >= 0.3 is 0 Å². The van der Waals surface area contributed by atoms with E-state index >= 15 is 0 Å². The Morgan fingerprint density at radius 3 is 2.61 bits per heavy atom. The molecule has 0 radical (unpaired) electrons. The summed E-state index contributed by atoms with van der Waals surface area (Å²) in [6.07, 6.45) is 2.26. The fourth-order valence-corrected chi connectivity index (χ4v) is 5.40. The zero-order valence-electron chi connectivity index (χ0n) is 18.6. The number of hydrogen-bond donors (Lipinski definition) is 2. The number of carbonyl (C=O) groups is 1. The van der Waals surface area contributed by atoms with Crippen LogP contribution in [0.2, 0.25) is 0 Å². The molecule has 1 aromatic carbocycles. The highest BCUT2D eigenvalue weighted by Crippen LogP contribution is 2.33. The topological polar surface area (TPSA) is 142 Å². The molecule has 1 amide bonds. The standard InChI is InChI=1S/C21H26N6O4S2/c1-21(2,3)27-18-16(11-24-27)19(29)26-14(12-32-20(26)25-18)10-17(28)23-9-8-13-4-6-15(7-5-13)33(22,30)31/h4-7,11,14H,8-10,12H2,1-3H3,(H,23,28)(H2,22,30,31). The predicted molar refractivity (Wildman–Crippen MR) is 126 cm³/mol. The molecular formula is C21H26N6O4S2. The summed E-state index contributed by atoms with van der Waals surface area (Å²) in [4.78, 5) is 30.4. The summed E-state index contributed by atoms with van der Waals surface area (Å²) < 4.78 is 26.0. The number of thioether (sulfide) groups is 1. The molecular weight excluding hydrogens is 464 g/mol. The third kappa shape index (κ3) is 4.82. The van der Waals surface area contributed by atoms with Crippen molar-refractivity contribution >= 4 is 38.7 Å². The zero-order chi connectivity index (χ0) is 24.0. The quantitative estimate of drug-likeness (QED) is 0.497. The van der Waals surface area contributed by atoms with Gasteiger partial charge < -0.3 is 5.32 Å². The molecule has 1 atom stereocenters. The summed E-state index contributed by atoms with van der Waals surface area (Å²) in [7, 11) is -3.72. The van der Waals surface area contributed by atoms with E-state index in [4.69, 9.17) is 5.14 Å². The number of hydrogen-bond acceptors (Lipinski definition) is 7. The van der Waals surface area contributed by atoms with Gasteiger partial charge in [0, 0.05) is 18.7 Å². The van der Waals surface area contributed by atoms with Crippen LogP contribution in [0.15, 0.2) is 45.3 Å². The summed E-state index contributed by atoms with van der Waals surface area (Å²) in [6.45, 7) is 6.40. The molecule has 3 aromatic rings. The number of aromatic nitrogens is 4. The molecule has 0 bridgehead atoms. The molecule has 12 heteroatoms. The van der Waals surface area contributed by atoms with Gasteiger partial charge in [-0.3, -0.25) is 14.2 Å². The summed E-state index contributed by atoms with van der Waals surface area (Å²) in [5.74, 6) is 0.437. The van der Waals surface area contributed by atoms with E-state index in [1.807, 2.05) is 20.8 Å². The molecule has 0 saturated carbocycles. The van der Waals surface area contributed by atoms with Crippen LogP contribution in [0.3, 0.4) is 0 Å². The third-order valence-electron chi connectivity index (χ3n) is 5.41. The molecule has 0 fully saturated rings. The van der Waals surface area contributed by atoms with Crippen LogP contribution in [0.1, 0.15) is 38.8 Å². The molecule has 0 spiro atoms. The Labute approximate surface area is 195 Å². The Balaban J connectivity index is 1.41. The summed E-state index contributed by atoms with van der Waals surface area (Å²) >= 11 is 1.47. The maximum atomic E-state index is 13.1. The maximum absolute atomic E-state index is 13.1. The van der Waals surface area contributed by atoms with Crippen LogP contribution < -0.4 is 16.0 Å². The lowest BCUT2D eigenvalue weighted by molar-refractivity contribution is -0.121. The number of nitrogens with zero attached hydrogens (tertiary/aromatic N) is 4. The number of primary sulfonamides is 1. The number of benzene rings is 1. The summed E-state index contributed by atoms with van der Waals surface area (Å²) in [5.41, 5.74) is 0.956. The molecule has 2 aromatic heterocycles. The van der Waals surface area contributed by atoms with E-state index in [9.17, 15) is 18.0 Å². The van der Waals surface area contributed by atoms with Crippen molar-refractivity contribution in [2.45, 2.75) is 55.2 Å². The number of nitrogens with two attached hydrogens (primary N) is 1. The minimum absolute atomic E-state index is 0.0499. The Hall–Kier alpha value is -2.70.